The monoisotopic (exact) mass is 240 g/mol. The Labute approximate surface area is 103 Å². The first-order chi connectivity index (χ1) is 7.84. The van der Waals surface area contributed by atoms with E-state index in [0.717, 1.165) is 19.0 Å². The third kappa shape index (κ3) is 3.12. The molecule has 2 aliphatic rings. The summed E-state index contributed by atoms with van der Waals surface area (Å²) in [6.45, 7) is 7.91. The summed E-state index contributed by atoms with van der Waals surface area (Å²) < 4.78 is 5.35. The van der Waals surface area contributed by atoms with Gasteiger partial charge in [0, 0.05) is 25.0 Å². The zero-order chi connectivity index (χ0) is 12.7. The smallest absolute Gasteiger partial charge is 0.410 e. The Balaban J connectivity index is 1.81. The lowest BCUT2D eigenvalue weighted by molar-refractivity contribution is -0.0359. The number of likely N-dealkylation sites (tertiary alicyclic amines) is 1. The van der Waals surface area contributed by atoms with Gasteiger partial charge in [0.1, 0.15) is 5.60 Å². The topological polar surface area (TPSA) is 55.6 Å². The van der Waals surface area contributed by atoms with Crippen molar-refractivity contribution in [3.63, 3.8) is 0 Å². The number of ether oxygens (including phenoxy) is 1. The number of nitrogens with two attached hydrogens (primary N) is 1. The Kier molecular flexibility index (Phi) is 3.10. The number of nitrogens with zero attached hydrogens (tertiary/aromatic N) is 1. The van der Waals surface area contributed by atoms with Crippen molar-refractivity contribution in [1.82, 2.24) is 4.90 Å². The molecule has 4 nitrogen and oxygen atoms in total. The van der Waals surface area contributed by atoms with Gasteiger partial charge in [-0.3, -0.25) is 0 Å². The molecule has 1 saturated carbocycles. The molecule has 1 aliphatic carbocycles. The van der Waals surface area contributed by atoms with Gasteiger partial charge in [0.05, 0.1) is 0 Å². The fourth-order valence-corrected chi connectivity index (χ4v) is 2.49. The third-order valence-electron chi connectivity index (χ3n) is 3.56. The van der Waals surface area contributed by atoms with Gasteiger partial charge >= 0.3 is 6.09 Å². The molecule has 4 heteroatoms. The normalized spacial score (nSPS) is 23.2. The van der Waals surface area contributed by atoms with Crippen molar-refractivity contribution < 1.29 is 9.53 Å². The van der Waals surface area contributed by atoms with Gasteiger partial charge in [0.15, 0.2) is 0 Å². The van der Waals surface area contributed by atoms with Gasteiger partial charge in [-0.15, -0.1) is 0 Å². The van der Waals surface area contributed by atoms with Crippen molar-refractivity contribution in [1.29, 1.82) is 0 Å². The minimum absolute atomic E-state index is 0.179. The Bertz CT molecular complexity index is 299. The van der Waals surface area contributed by atoms with Crippen LogP contribution in [0.2, 0.25) is 0 Å². The third-order valence-corrected chi connectivity index (χ3v) is 3.56. The van der Waals surface area contributed by atoms with Crippen LogP contribution in [0.3, 0.4) is 0 Å². The molecule has 0 unspecified atom stereocenters. The molecule has 1 heterocycles. The van der Waals surface area contributed by atoms with Gasteiger partial charge in [0.2, 0.25) is 0 Å². The molecule has 0 aromatic heterocycles. The average molecular weight is 240 g/mol. The van der Waals surface area contributed by atoms with Crippen LogP contribution in [0.5, 0.6) is 0 Å². The van der Waals surface area contributed by atoms with E-state index in [4.69, 9.17) is 10.5 Å². The van der Waals surface area contributed by atoms with Crippen LogP contribution in [0.25, 0.3) is 0 Å². The van der Waals surface area contributed by atoms with E-state index in [0.29, 0.717) is 6.54 Å². The van der Waals surface area contributed by atoms with Crippen LogP contribution in [0.15, 0.2) is 0 Å². The fourth-order valence-electron chi connectivity index (χ4n) is 2.49. The minimum Gasteiger partial charge on any atom is -0.444 e. The molecule has 17 heavy (non-hydrogen) atoms. The van der Waals surface area contributed by atoms with Crippen LogP contribution in [0.1, 0.15) is 40.0 Å². The molecule has 0 atom stereocenters. The van der Waals surface area contributed by atoms with Gasteiger partial charge in [-0.25, -0.2) is 4.79 Å². The molecule has 0 spiro atoms. The van der Waals surface area contributed by atoms with Gasteiger partial charge in [0.25, 0.3) is 0 Å². The van der Waals surface area contributed by atoms with E-state index in [1.165, 1.54) is 19.3 Å². The highest BCUT2D eigenvalue weighted by Crippen LogP contribution is 2.44. The van der Waals surface area contributed by atoms with E-state index in [1.54, 1.807) is 4.90 Å². The van der Waals surface area contributed by atoms with Gasteiger partial charge in [-0.05, 0) is 33.1 Å². The summed E-state index contributed by atoms with van der Waals surface area (Å²) in [4.78, 5) is 13.6. The van der Waals surface area contributed by atoms with Crippen LogP contribution in [0.4, 0.5) is 4.79 Å². The van der Waals surface area contributed by atoms with E-state index in [1.807, 2.05) is 20.8 Å². The largest absolute Gasteiger partial charge is 0.444 e. The number of rotatable bonds is 3. The lowest BCUT2D eigenvalue weighted by Crippen LogP contribution is -2.62. The molecule has 0 radical (unpaired) electrons. The Morgan fingerprint density at radius 1 is 1.41 bits per heavy atom. The second-order valence-electron chi connectivity index (χ2n) is 6.69. The van der Waals surface area contributed by atoms with Gasteiger partial charge < -0.3 is 15.4 Å². The summed E-state index contributed by atoms with van der Waals surface area (Å²) in [7, 11) is 0. The molecular weight excluding hydrogens is 216 g/mol. The first kappa shape index (κ1) is 12.7. The van der Waals surface area contributed by atoms with Crippen LogP contribution in [-0.2, 0) is 4.74 Å². The maximum absolute atomic E-state index is 11.8. The highest BCUT2D eigenvalue weighted by molar-refractivity contribution is 5.69. The molecule has 0 aromatic carbocycles. The lowest BCUT2D eigenvalue weighted by atomic mass is 9.75. The van der Waals surface area contributed by atoms with Crippen molar-refractivity contribution in [2.75, 3.05) is 19.6 Å². The van der Waals surface area contributed by atoms with Gasteiger partial charge in [-0.2, -0.15) is 0 Å². The second kappa shape index (κ2) is 4.16. The summed E-state index contributed by atoms with van der Waals surface area (Å²) in [6, 6.07) is 0. The molecule has 2 fully saturated rings. The maximum Gasteiger partial charge on any atom is 0.410 e. The summed E-state index contributed by atoms with van der Waals surface area (Å²) in [5, 5.41) is 0. The molecule has 2 N–H and O–H groups in total. The van der Waals surface area contributed by atoms with E-state index in [2.05, 4.69) is 0 Å². The molecule has 1 amide bonds. The summed E-state index contributed by atoms with van der Waals surface area (Å²) >= 11 is 0. The molecule has 1 aliphatic heterocycles. The SMILES string of the molecule is CC(C)(C)OC(=O)N1CC(CN)(CC2CC2)C1. The summed E-state index contributed by atoms with van der Waals surface area (Å²) in [5.74, 6) is 0.860. The molecule has 2 rings (SSSR count). The molecule has 0 bridgehead atoms. The summed E-state index contributed by atoms with van der Waals surface area (Å²) in [5.41, 5.74) is 5.63. The number of amides is 1. The zero-order valence-corrected chi connectivity index (χ0v) is 11.2. The van der Waals surface area contributed by atoms with Crippen LogP contribution < -0.4 is 5.73 Å². The number of hydrogen-bond acceptors (Lipinski definition) is 3. The van der Waals surface area contributed by atoms with E-state index in [9.17, 15) is 4.79 Å². The zero-order valence-electron chi connectivity index (χ0n) is 11.2. The average Bonchev–Trinajstić information content (AvgIpc) is 2.91. The van der Waals surface area contributed by atoms with Crippen LogP contribution >= 0.6 is 0 Å². The predicted molar refractivity (Wildman–Crippen MR) is 66.6 cm³/mol. The Hall–Kier alpha value is -0.770. The molecule has 0 aromatic rings. The lowest BCUT2D eigenvalue weighted by Gasteiger charge is -2.49. The van der Waals surface area contributed by atoms with Crippen LogP contribution in [0, 0.1) is 11.3 Å². The number of carbonyl (C=O) groups excluding carboxylic acids is 1. The Morgan fingerprint density at radius 3 is 2.41 bits per heavy atom. The van der Waals surface area contributed by atoms with Crippen molar-refractivity contribution >= 4 is 6.09 Å². The number of hydrogen-bond donors (Lipinski definition) is 1. The predicted octanol–water partition coefficient (Wildman–Crippen LogP) is 1.98. The minimum atomic E-state index is -0.408. The highest BCUT2D eigenvalue weighted by Gasteiger charge is 2.47. The first-order valence-corrected chi connectivity index (χ1v) is 6.52. The van der Waals surface area contributed by atoms with E-state index in [-0.39, 0.29) is 11.5 Å². The van der Waals surface area contributed by atoms with Crippen molar-refractivity contribution in [2.45, 2.75) is 45.6 Å². The molecular formula is C13H24N2O2. The summed E-state index contributed by atoms with van der Waals surface area (Å²) in [6.07, 6.45) is 3.67. The number of carbonyl (C=O) groups is 1. The highest BCUT2D eigenvalue weighted by atomic mass is 16.6. The second-order valence-corrected chi connectivity index (χ2v) is 6.69. The molecule has 1 saturated heterocycles. The first-order valence-electron chi connectivity index (χ1n) is 6.52. The maximum atomic E-state index is 11.8. The standard InChI is InChI=1S/C13H24N2O2/c1-12(2,3)17-11(16)15-8-13(7-14,9-15)6-10-4-5-10/h10H,4-9,14H2,1-3H3. The van der Waals surface area contributed by atoms with Gasteiger partial charge in [-0.1, -0.05) is 12.8 Å². The Morgan fingerprint density at radius 2 is 2.00 bits per heavy atom. The van der Waals surface area contributed by atoms with E-state index >= 15 is 0 Å². The van der Waals surface area contributed by atoms with Crippen molar-refractivity contribution in [2.24, 2.45) is 17.1 Å². The van der Waals surface area contributed by atoms with Crippen molar-refractivity contribution in [3.05, 3.63) is 0 Å². The van der Waals surface area contributed by atoms with Crippen molar-refractivity contribution in [3.8, 4) is 0 Å². The fraction of sp³-hybridized carbons (Fsp3) is 0.923. The quantitative estimate of drug-likeness (QED) is 0.820. The van der Waals surface area contributed by atoms with Crippen LogP contribution in [-0.4, -0.2) is 36.2 Å². The van der Waals surface area contributed by atoms with E-state index < -0.39 is 5.60 Å². The molecule has 98 valence electrons.